The Morgan fingerprint density at radius 3 is 2.35 bits per heavy atom. The molecule has 0 unspecified atom stereocenters. The minimum atomic E-state index is -4.37. The summed E-state index contributed by atoms with van der Waals surface area (Å²) in [6.45, 7) is 0.379. The molecule has 3 rings (SSSR count). The van der Waals surface area contributed by atoms with Gasteiger partial charge < -0.3 is 0 Å². The number of hydrogen-bond donors (Lipinski definition) is 0. The summed E-state index contributed by atoms with van der Waals surface area (Å²) in [7, 11) is 0. The molecule has 0 saturated heterocycles. The van der Waals surface area contributed by atoms with Gasteiger partial charge in [-0.2, -0.15) is 13.2 Å². The van der Waals surface area contributed by atoms with Crippen LogP contribution in [0.5, 0.6) is 0 Å². The Labute approximate surface area is 146 Å². The molecule has 0 N–H and O–H groups in total. The molecule has 0 spiro atoms. The summed E-state index contributed by atoms with van der Waals surface area (Å²) >= 11 is 0. The maximum atomic E-state index is 12.6. The van der Waals surface area contributed by atoms with Gasteiger partial charge in [0.25, 0.3) is 0 Å². The number of benzene rings is 2. The molecule has 0 aliphatic carbocycles. The first-order chi connectivity index (χ1) is 12.5. The highest BCUT2D eigenvalue weighted by atomic mass is 19.4. The molecule has 0 atom stereocenters. The molecule has 0 fully saturated rings. The number of hydrogen-bond acceptors (Lipinski definition) is 4. The van der Waals surface area contributed by atoms with Crippen LogP contribution < -0.4 is 0 Å². The van der Waals surface area contributed by atoms with Crippen molar-refractivity contribution >= 4 is 6.08 Å². The molecule has 1 heterocycles. The molecule has 3 aromatic rings. The van der Waals surface area contributed by atoms with Crippen molar-refractivity contribution in [2.24, 2.45) is 4.99 Å². The Balaban J connectivity index is 1.76. The van der Waals surface area contributed by atoms with Crippen molar-refractivity contribution in [3.8, 4) is 17.1 Å². The topological polar surface area (TPSA) is 60.1 Å². The van der Waals surface area contributed by atoms with Gasteiger partial charge in [-0.15, -0.1) is 5.10 Å². The molecule has 0 aliphatic heterocycles. The summed E-state index contributed by atoms with van der Waals surface area (Å²) in [5.74, 6) is 0.461. The molecule has 0 aliphatic rings. The standard InChI is InChI=1S/C18H13F3N4O/c19-18(20,21)15-5-7-16(8-6-15)25-11-23-17(24-25)14-3-1-13(2-4-14)9-10-22-12-26/h1-8,11H,9-10H2. The van der Waals surface area contributed by atoms with Crippen LogP contribution in [0.1, 0.15) is 11.1 Å². The van der Waals surface area contributed by atoms with Crippen LogP contribution in [0.25, 0.3) is 17.1 Å². The third kappa shape index (κ3) is 4.04. The van der Waals surface area contributed by atoms with E-state index in [9.17, 15) is 18.0 Å². The number of nitrogens with zero attached hydrogens (tertiary/aromatic N) is 4. The van der Waals surface area contributed by atoms with Crippen molar-refractivity contribution in [3.63, 3.8) is 0 Å². The Morgan fingerprint density at radius 2 is 1.73 bits per heavy atom. The zero-order valence-corrected chi connectivity index (χ0v) is 13.4. The Morgan fingerprint density at radius 1 is 1.04 bits per heavy atom. The van der Waals surface area contributed by atoms with Gasteiger partial charge in [-0.1, -0.05) is 24.3 Å². The van der Waals surface area contributed by atoms with Crippen molar-refractivity contribution < 1.29 is 18.0 Å². The van der Waals surface area contributed by atoms with Gasteiger partial charge in [0.05, 0.1) is 17.8 Å². The smallest absolute Gasteiger partial charge is 0.220 e. The first-order valence-corrected chi connectivity index (χ1v) is 7.69. The van der Waals surface area contributed by atoms with Crippen LogP contribution in [0.3, 0.4) is 0 Å². The number of alkyl halides is 3. The van der Waals surface area contributed by atoms with Crippen molar-refractivity contribution in [1.29, 1.82) is 0 Å². The van der Waals surface area contributed by atoms with Crippen LogP contribution in [-0.4, -0.2) is 27.4 Å². The lowest BCUT2D eigenvalue weighted by molar-refractivity contribution is -0.137. The second-order valence-electron chi connectivity index (χ2n) is 5.48. The molecule has 0 bridgehead atoms. The highest BCUT2D eigenvalue weighted by molar-refractivity contribution is 5.55. The van der Waals surface area contributed by atoms with E-state index in [0.717, 1.165) is 23.3 Å². The molecule has 5 nitrogen and oxygen atoms in total. The Hall–Kier alpha value is -3.25. The number of aliphatic imine (C=N–C) groups is 1. The lowest BCUT2D eigenvalue weighted by Gasteiger charge is -2.07. The molecule has 26 heavy (non-hydrogen) atoms. The summed E-state index contributed by atoms with van der Waals surface area (Å²) in [4.78, 5) is 17.8. The molecule has 0 amide bonds. The van der Waals surface area contributed by atoms with Gasteiger partial charge in [0.2, 0.25) is 6.08 Å². The molecule has 132 valence electrons. The van der Waals surface area contributed by atoms with Crippen LogP contribution in [0.2, 0.25) is 0 Å². The SMILES string of the molecule is O=C=NCCc1ccc(-c2ncn(-c3ccc(C(F)(F)F)cc3)n2)cc1. The third-order valence-corrected chi connectivity index (χ3v) is 3.74. The van der Waals surface area contributed by atoms with Gasteiger partial charge in [0.15, 0.2) is 5.82 Å². The van der Waals surface area contributed by atoms with E-state index in [1.54, 1.807) is 0 Å². The van der Waals surface area contributed by atoms with Crippen LogP contribution >= 0.6 is 0 Å². The fourth-order valence-corrected chi connectivity index (χ4v) is 2.37. The molecular formula is C18H13F3N4O. The predicted molar refractivity (Wildman–Crippen MR) is 88.5 cm³/mol. The van der Waals surface area contributed by atoms with Crippen molar-refractivity contribution in [3.05, 3.63) is 66.0 Å². The van der Waals surface area contributed by atoms with Gasteiger partial charge in [-0.25, -0.2) is 19.5 Å². The Bertz CT molecular complexity index is 924. The molecule has 8 heteroatoms. The van der Waals surface area contributed by atoms with Crippen LogP contribution in [0.15, 0.2) is 59.9 Å². The zero-order valence-electron chi connectivity index (χ0n) is 13.4. The maximum Gasteiger partial charge on any atom is 0.416 e. The number of isocyanates is 1. The van der Waals surface area contributed by atoms with E-state index < -0.39 is 11.7 Å². The van der Waals surface area contributed by atoms with Gasteiger partial charge in [-0.05, 0) is 36.2 Å². The lowest BCUT2D eigenvalue weighted by atomic mass is 10.1. The average Bonchev–Trinajstić information content (AvgIpc) is 3.12. The van der Waals surface area contributed by atoms with E-state index in [0.29, 0.717) is 24.5 Å². The normalized spacial score (nSPS) is 11.2. The number of aromatic nitrogens is 3. The largest absolute Gasteiger partial charge is 0.416 e. The second kappa shape index (κ2) is 7.33. The van der Waals surface area contributed by atoms with E-state index in [1.165, 1.54) is 29.2 Å². The zero-order chi connectivity index (χ0) is 18.6. The number of rotatable bonds is 5. The van der Waals surface area contributed by atoms with E-state index in [1.807, 2.05) is 24.3 Å². The molecule has 0 saturated carbocycles. The number of halogens is 3. The molecule has 1 aromatic heterocycles. The minimum absolute atomic E-state index is 0.379. The molecule has 0 radical (unpaired) electrons. The summed E-state index contributed by atoms with van der Waals surface area (Å²) in [5, 5.41) is 4.30. The van der Waals surface area contributed by atoms with Gasteiger partial charge in [-0.3, -0.25) is 0 Å². The fraction of sp³-hybridized carbons (Fsp3) is 0.167. The fourth-order valence-electron chi connectivity index (χ4n) is 2.37. The van der Waals surface area contributed by atoms with Crippen LogP contribution in [-0.2, 0) is 17.4 Å². The van der Waals surface area contributed by atoms with E-state index in [2.05, 4.69) is 15.1 Å². The maximum absolute atomic E-state index is 12.6. The minimum Gasteiger partial charge on any atom is -0.220 e. The van der Waals surface area contributed by atoms with E-state index in [4.69, 9.17) is 0 Å². The lowest BCUT2D eigenvalue weighted by Crippen LogP contribution is -2.05. The van der Waals surface area contributed by atoms with Crippen molar-refractivity contribution in [2.75, 3.05) is 6.54 Å². The summed E-state index contributed by atoms with van der Waals surface area (Å²) in [5.41, 5.74) is 1.56. The van der Waals surface area contributed by atoms with Crippen LogP contribution in [0, 0.1) is 0 Å². The van der Waals surface area contributed by atoms with E-state index >= 15 is 0 Å². The van der Waals surface area contributed by atoms with Crippen LogP contribution in [0.4, 0.5) is 13.2 Å². The number of carbonyl (C=O) groups excluding carboxylic acids is 1. The summed E-state index contributed by atoms with van der Waals surface area (Å²) in [6, 6.07) is 12.2. The predicted octanol–water partition coefficient (Wildman–Crippen LogP) is 3.83. The third-order valence-electron chi connectivity index (χ3n) is 3.74. The first-order valence-electron chi connectivity index (χ1n) is 7.69. The van der Waals surface area contributed by atoms with E-state index in [-0.39, 0.29) is 0 Å². The Kier molecular flexibility index (Phi) is 4.95. The van der Waals surface area contributed by atoms with Crippen molar-refractivity contribution in [1.82, 2.24) is 14.8 Å². The van der Waals surface area contributed by atoms with Crippen molar-refractivity contribution in [2.45, 2.75) is 12.6 Å². The average molecular weight is 358 g/mol. The second-order valence-corrected chi connectivity index (χ2v) is 5.48. The highest BCUT2D eigenvalue weighted by Crippen LogP contribution is 2.29. The quantitative estimate of drug-likeness (QED) is 0.514. The highest BCUT2D eigenvalue weighted by Gasteiger charge is 2.30. The molecule has 2 aromatic carbocycles. The van der Waals surface area contributed by atoms with Gasteiger partial charge in [0.1, 0.15) is 6.33 Å². The molecular weight excluding hydrogens is 345 g/mol. The monoisotopic (exact) mass is 358 g/mol. The van der Waals surface area contributed by atoms with Gasteiger partial charge >= 0.3 is 6.18 Å². The summed E-state index contributed by atoms with van der Waals surface area (Å²) in [6.07, 6.45) is -0.798. The summed E-state index contributed by atoms with van der Waals surface area (Å²) < 4.78 is 39.3. The van der Waals surface area contributed by atoms with Gasteiger partial charge in [0, 0.05) is 5.56 Å². The first kappa shape index (κ1) is 17.6.